The largest absolute Gasteiger partial charge is 0.433 e. The molecule has 0 saturated heterocycles. The number of alkyl halides is 2. The monoisotopic (exact) mass is 413 g/mol. The van der Waals surface area contributed by atoms with Crippen LogP contribution in [0.2, 0.25) is 0 Å². The maximum atomic E-state index is 12.8. The summed E-state index contributed by atoms with van der Waals surface area (Å²) >= 11 is 0. The van der Waals surface area contributed by atoms with E-state index >= 15 is 0 Å². The number of hydrogen-bond donors (Lipinski definition) is 1. The predicted molar refractivity (Wildman–Crippen MR) is 99.6 cm³/mol. The third-order valence-corrected chi connectivity index (χ3v) is 5.51. The number of pyridine rings is 1. The Hall–Kier alpha value is -3.50. The van der Waals surface area contributed by atoms with Crippen LogP contribution in [-0.4, -0.2) is 42.9 Å². The Kier molecular flexibility index (Phi) is 3.77. The van der Waals surface area contributed by atoms with Crippen molar-refractivity contribution in [3.8, 4) is 5.75 Å². The molecule has 5 heterocycles. The van der Waals surface area contributed by atoms with Crippen LogP contribution < -0.4 is 9.64 Å². The lowest BCUT2D eigenvalue weighted by Crippen LogP contribution is -2.36. The van der Waals surface area contributed by atoms with Crippen molar-refractivity contribution in [1.82, 2.24) is 29.8 Å². The van der Waals surface area contributed by atoms with E-state index < -0.39 is 12.7 Å². The molecule has 1 atom stereocenters. The maximum Gasteiger partial charge on any atom is 0.387 e. The number of ether oxygens (including phenoxy) is 1. The van der Waals surface area contributed by atoms with Crippen LogP contribution in [0.5, 0.6) is 5.75 Å². The zero-order valence-electron chi connectivity index (χ0n) is 15.7. The Morgan fingerprint density at radius 1 is 1.27 bits per heavy atom. The van der Waals surface area contributed by atoms with E-state index in [9.17, 15) is 8.78 Å². The highest BCUT2D eigenvalue weighted by Crippen LogP contribution is 2.42. The maximum absolute atomic E-state index is 12.8. The molecule has 1 aliphatic heterocycles. The van der Waals surface area contributed by atoms with Crippen molar-refractivity contribution in [1.29, 1.82) is 0 Å². The number of rotatable bonds is 5. The molecule has 0 amide bonds. The van der Waals surface area contributed by atoms with Crippen molar-refractivity contribution in [2.75, 3.05) is 11.4 Å². The number of halogens is 2. The summed E-state index contributed by atoms with van der Waals surface area (Å²) in [6.45, 7) is -2.29. The number of fused-ring (bicyclic) bond motifs is 2. The smallest absolute Gasteiger partial charge is 0.387 e. The first-order valence-corrected chi connectivity index (χ1v) is 9.72. The third kappa shape index (κ3) is 2.80. The molecule has 6 rings (SSSR count). The van der Waals surface area contributed by atoms with Crippen LogP contribution in [0.3, 0.4) is 0 Å². The first kappa shape index (κ1) is 17.4. The Bertz CT molecular complexity index is 1210. The molecule has 0 spiro atoms. The standard InChI is InChI=1S/C19H17F2N7O2/c20-18(21)29-14-2-1-6-28-13(14)8-12(26-28)16-15-11(22-9-23-15)5-7-27(16)19-25-24-17(30-19)10-3-4-10/h1-2,6,8-10,16,18H,3-5,7H2,(H,22,23)/t16-/m1/s1. The highest BCUT2D eigenvalue weighted by molar-refractivity contribution is 5.61. The fourth-order valence-electron chi connectivity index (χ4n) is 3.96. The van der Waals surface area contributed by atoms with Gasteiger partial charge in [0.25, 0.3) is 0 Å². The van der Waals surface area contributed by atoms with Gasteiger partial charge in [0.2, 0.25) is 5.89 Å². The summed E-state index contributed by atoms with van der Waals surface area (Å²) in [7, 11) is 0. The van der Waals surface area contributed by atoms with Crippen LogP contribution in [0.4, 0.5) is 14.8 Å². The Balaban J connectivity index is 1.45. The topological polar surface area (TPSA) is 97.4 Å². The first-order valence-electron chi connectivity index (χ1n) is 9.72. The highest BCUT2D eigenvalue weighted by atomic mass is 19.3. The summed E-state index contributed by atoms with van der Waals surface area (Å²) in [5, 5.41) is 13.1. The van der Waals surface area contributed by atoms with Crippen LogP contribution in [0.1, 0.15) is 47.8 Å². The summed E-state index contributed by atoms with van der Waals surface area (Å²) < 4.78 is 37.8. The van der Waals surface area contributed by atoms with Crippen LogP contribution in [-0.2, 0) is 6.42 Å². The predicted octanol–water partition coefficient (Wildman–Crippen LogP) is 3.07. The van der Waals surface area contributed by atoms with Gasteiger partial charge in [0, 0.05) is 30.8 Å². The van der Waals surface area contributed by atoms with E-state index in [1.165, 1.54) is 10.6 Å². The van der Waals surface area contributed by atoms with Gasteiger partial charge in [0.1, 0.15) is 11.6 Å². The van der Waals surface area contributed by atoms with Gasteiger partial charge in [-0.25, -0.2) is 9.50 Å². The molecule has 1 N–H and O–H groups in total. The van der Waals surface area contributed by atoms with Crippen molar-refractivity contribution in [2.45, 2.75) is 37.8 Å². The minimum Gasteiger partial charge on any atom is -0.433 e. The highest BCUT2D eigenvalue weighted by Gasteiger charge is 2.37. The normalized spacial score (nSPS) is 18.9. The second-order valence-electron chi connectivity index (χ2n) is 7.46. The van der Waals surface area contributed by atoms with Crippen molar-refractivity contribution in [3.05, 3.63) is 53.7 Å². The first-order chi connectivity index (χ1) is 14.7. The van der Waals surface area contributed by atoms with E-state index in [0.29, 0.717) is 35.6 Å². The van der Waals surface area contributed by atoms with Crippen molar-refractivity contribution < 1.29 is 17.9 Å². The molecule has 0 radical (unpaired) electrons. The van der Waals surface area contributed by atoms with Crippen LogP contribution in [0, 0.1) is 0 Å². The average molecular weight is 413 g/mol. The molecule has 1 aliphatic carbocycles. The van der Waals surface area contributed by atoms with E-state index in [-0.39, 0.29) is 5.75 Å². The number of hydrogen-bond acceptors (Lipinski definition) is 7. The fraction of sp³-hybridized carbons (Fsp3) is 0.368. The zero-order valence-corrected chi connectivity index (χ0v) is 15.7. The van der Waals surface area contributed by atoms with Crippen molar-refractivity contribution >= 4 is 11.5 Å². The molecule has 0 aromatic carbocycles. The fourth-order valence-corrected chi connectivity index (χ4v) is 3.96. The molecule has 154 valence electrons. The summed E-state index contributed by atoms with van der Waals surface area (Å²) in [4.78, 5) is 9.64. The van der Waals surface area contributed by atoms with Gasteiger partial charge >= 0.3 is 12.6 Å². The van der Waals surface area contributed by atoms with Gasteiger partial charge in [-0.1, -0.05) is 5.10 Å². The molecular formula is C19H17F2N7O2. The lowest BCUT2D eigenvalue weighted by molar-refractivity contribution is -0.0490. The van der Waals surface area contributed by atoms with Gasteiger partial charge in [-0.3, -0.25) is 0 Å². The number of nitrogens with one attached hydrogen (secondary N) is 1. The Labute approximate surface area is 168 Å². The van der Waals surface area contributed by atoms with Crippen LogP contribution >= 0.6 is 0 Å². The van der Waals surface area contributed by atoms with E-state index in [4.69, 9.17) is 4.42 Å². The lowest BCUT2D eigenvalue weighted by Gasteiger charge is -2.32. The number of nitrogens with zero attached hydrogens (tertiary/aromatic N) is 6. The number of anilines is 1. The lowest BCUT2D eigenvalue weighted by atomic mass is 10.0. The molecular weight excluding hydrogens is 396 g/mol. The Morgan fingerprint density at radius 3 is 3.00 bits per heavy atom. The number of aromatic amines is 1. The summed E-state index contributed by atoms with van der Waals surface area (Å²) in [5.74, 6) is 1.06. The molecule has 4 aromatic heterocycles. The van der Waals surface area contributed by atoms with Gasteiger partial charge < -0.3 is 19.0 Å². The molecule has 1 fully saturated rings. The number of aromatic nitrogens is 6. The van der Waals surface area contributed by atoms with Gasteiger partial charge in [0.05, 0.1) is 17.7 Å². The SMILES string of the molecule is FC(F)Oc1cccn2nc([C@@H]3c4nc[nH]c4CCN3c3nnc(C4CC4)o3)cc12. The van der Waals surface area contributed by atoms with Gasteiger partial charge in [-0.05, 0) is 31.0 Å². The second-order valence-corrected chi connectivity index (χ2v) is 7.46. The summed E-state index contributed by atoms with van der Waals surface area (Å²) in [5.41, 5.74) is 2.87. The zero-order chi connectivity index (χ0) is 20.2. The minimum atomic E-state index is -2.92. The molecule has 0 bridgehead atoms. The van der Waals surface area contributed by atoms with Gasteiger partial charge in [-0.15, -0.1) is 5.10 Å². The van der Waals surface area contributed by atoms with Crippen LogP contribution in [0.25, 0.3) is 5.52 Å². The van der Waals surface area contributed by atoms with Gasteiger partial charge in [0.15, 0.2) is 5.75 Å². The molecule has 30 heavy (non-hydrogen) atoms. The number of imidazole rings is 1. The summed E-state index contributed by atoms with van der Waals surface area (Å²) in [6.07, 6.45) is 6.20. The van der Waals surface area contributed by atoms with E-state index in [1.807, 2.05) is 4.90 Å². The molecule has 9 nitrogen and oxygen atoms in total. The van der Waals surface area contributed by atoms with Crippen molar-refractivity contribution in [2.24, 2.45) is 0 Å². The van der Waals surface area contributed by atoms with E-state index in [0.717, 1.165) is 30.7 Å². The molecule has 1 saturated carbocycles. The van der Waals surface area contributed by atoms with E-state index in [2.05, 4.69) is 30.0 Å². The van der Waals surface area contributed by atoms with Gasteiger partial charge in [-0.2, -0.15) is 13.9 Å². The number of H-pyrrole nitrogens is 1. The molecule has 4 aromatic rings. The minimum absolute atomic E-state index is 0.0599. The van der Waals surface area contributed by atoms with Crippen LogP contribution in [0.15, 0.2) is 35.1 Å². The van der Waals surface area contributed by atoms with E-state index in [1.54, 1.807) is 24.7 Å². The summed E-state index contributed by atoms with van der Waals surface area (Å²) in [6, 6.07) is 4.85. The molecule has 11 heteroatoms. The second kappa shape index (κ2) is 6.51. The average Bonchev–Trinajstić information content (AvgIpc) is 3.15. The third-order valence-electron chi connectivity index (χ3n) is 5.51. The molecule has 2 aliphatic rings. The molecule has 0 unspecified atom stereocenters. The Morgan fingerprint density at radius 2 is 2.17 bits per heavy atom. The van der Waals surface area contributed by atoms with Crippen molar-refractivity contribution in [3.63, 3.8) is 0 Å². The quantitative estimate of drug-likeness (QED) is 0.537.